The van der Waals surface area contributed by atoms with Crippen molar-refractivity contribution in [2.24, 2.45) is 0 Å². The second-order valence-corrected chi connectivity index (χ2v) is 6.75. The number of phenols is 1. The van der Waals surface area contributed by atoms with Gasteiger partial charge in [0.15, 0.2) is 0 Å². The highest BCUT2D eigenvalue weighted by atomic mass is 16.3. The van der Waals surface area contributed by atoms with E-state index in [0.717, 1.165) is 5.56 Å². The SMILES string of the molecule is O=C1C(=O)N(Cc2cccnc2)[C@@H](c2ccc(O)cc2)C1=C(O)c1ccccc1. The van der Waals surface area contributed by atoms with Gasteiger partial charge in [0.1, 0.15) is 11.5 Å². The van der Waals surface area contributed by atoms with E-state index >= 15 is 0 Å². The van der Waals surface area contributed by atoms with Crippen LogP contribution in [0.2, 0.25) is 0 Å². The fourth-order valence-corrected chi connectivity index (χ4v) is 3.49. The molecule has 144 valence electrons. The molecule has 1 aromatic heterocycles. The van der Waals surface area contributed by atoms with Crippen LogP contribution in [0.25, 0.3) is 5.76 Å². The van der Waals surface area contributed by atoms with E-state index in [4.69, 9.17) is 0 Å². The standard InChI is InChI=1S/C23H18N2O4/c26-18-10-8-16(9-11-18)20-19(21(27)17-6-2-1-3-7-17)22(28)23(29)25(20)14-15-5-4-12-24-13-15/h1-13,20,26-27H,14H2/t20-/m0/s1. The largest absolute Gasteiger partial charge is 0.508 e. The molecule has 0 aliphatic carbocycles. The number of ketones is 1. The summed E-state index contributed by atoms with van der Waals surface area (Å²) in [5.41, 5.74) is 1.85. The number of aliphatic hydroxyl groups excluding tert-OH is 1. The molecule has 1 aliphatic rings. The summed E-state index contributed by atoms with van der Waals surface area (Å²) in [5.74, 6) is -1.59. The molecule has 29 heavy (non-hydrogen) atoms. The number of carbonyl (C=O) groups is 2. The van der Waals surface area contributed by atoms with Crippen molar-refractivity contribution in [1.29, 1.82) is 0 Å². The van der Waals surface area contributed by atoms with Gasteiger partial charge in [0, 0.05) is 24.5 Å². The third-order valence-electron chi connectivity index (χ3n) is 4.87. The summed E-state index contributed by atoms with van der Waals surface area (Å²) in [6.07, 6.45) is 3.26. The monoisotopic (exact) mass is 386 g/mol. The van der Waals surface area contributed by atoms with E-state index in [1.807, 2.05) is 6.07 Å². The highest BCUT2D eigenvalue weighted by molar-refractivity contribution is 6.46. The topological polar surface area (TPSA) is 90.7 Å². The first kappa shape index (κ1) is 18.4. The number of amides is 1. The first-order valence-electron chi connectivity index (χ1n) is 9.08. The Kier molecular flexibility index (Phi) is 4.83. The van der Waals surface area contributed by atoms with Crippen LogP contribution < -0.4 is 0 Å². The van der Waals surface area contributed by atoms with Gasteiger partial charge in [0.2, 0.25) is 0 Å². The number of phenolic OH excluding ortho intramolecular Hbond substituents is 1. The lowest BCUT2D eigenvalue weighted by Crippen LogP contribution is -2.29. The van der Waals surface area contributed by atoms with Gasteiger partial charge in [-0.3, -0.25) is 14.6 Å². The number of aromatic hydroxyl groups is 1. The second-order valence-electron chi connectivity index (χ2n) is 6.75. The maximum Gasteiger partial charge on any atom is 0.295 e. The quantitative estimate of drug-likeness (QED) is 0.407. The molecule has 0 bridgehead atoms. The summed E-state index contributed by atoms with van der Waals surface area (Å²) < 4.78 is 0. The average Bonchev–Trinajstić information content (AvgIpc) is 3.00. The fourth-order valence-electron chi connectivity index (χ4n) is 3.49. The van der Waals surface area contributed by atoms with Crippen molar-refractivity contribution in [1.82, 2.24) is 9.88 Å². The first-order valence-corrected chi connectivity index (χ1v) is 9.08. The predicted molar refractivity (Wildman–Crippen MR) is 107 cm³/mol. The van der Waals surface area contributed by atoms with E-state index in [-0.39, 0.29) is 23.6 Å². The Bertz CT molecular complexity index is 1080. The minimum atomic E-state index is -0.781. The molecule has 0 saturated carbocycles. The van der Waals surface area contributed by atoms with E-state index < -0.39 is 17.7 Å². The van der Waals surface area contributed by atoms with Crippen LogP contribution in [0.3, 0.4) is 0 Å². The van der Waals surface area contributed by atoms with Crippen molar-refractivity contribution in [2.75, 3.05) is 0 Å². The number of hydrogen-bond acceptors (Lipinski definition) is 5. The molecule has 0 radical (unpaired) electrons. The molecule has 1 amide bonds. The summed E-state index contributed by atoms with van der Waals surface area (Å²) >= 11 is 0. The molecule has 1 aliphatic heterocycles. The van der Waals surface area contributed by atoms with Crippen LogP contribution in [0.15, 0.2) is 84.7 Å². The number of Topliss-reactive ketones (excluding diaryl/α,β-unsaturated/α-hetero) is 1. The van der Waals surface area contributed by atoms with Crippen molar-refractivity contribution in [3.8, 4) is 5.75 Å². The van der Waals surface area contributed by atoms with Gasteiger partial charge >= 0.3 is 0 Å². The Morgan fingerprint density at radius 2 is 1.69 bits per heavy atom. The van der Waals surface area contributed by atoms with Crippen LogP contribution >= 0.6 is 0 Å². The van der Waals surface area contributed by atoms with Crippen molar-refractivity contribution in [3.05, 3.63) is 101 Å². The molecule has 4 rings (SSSR count). The molecule has 2 aromatic carbocycles. The Morgan fingerprint density at radius 3 is 2.34 bits per heavy atom. The van der Waals surface area contributed by atoms with Gasteiger partial charge in [-0.2, -0.15) is 0 Å². The molecule has 0 spiro atoms. The summed E-state index contributed by atoms with van der Waals surface area (Å²) in [4.78, 5) is 31.2. The van der Waals surface area contributed by atoms with Crippen molar-refractivity contribution in [2.45, 2.75) is 12.6 Å². The number of hydrogen-bond donors (Lipinski definition) is 2. The van der Waals surface area contributed by atoms with Crippen LogP contribution in [0.1, 0.15) is 22.7 Å². The van der Waals surface area contributed by atoms with Crippen LogP contribution in [0.5, 0.6) is 5.75 Å². The highest BCUT2D eigenvalue weighted by Crippen LogP contribution is 2.40. The van der Waals surface area contributed by atoms with Gasteiger partial charge in [0.05, 0.1) is 11.6 Å². The van der Waals surface area contributed by atoms with Gasteiger partial charge in [-0.15, -0.1) is 0 Å². The van der Waals surface area contributed by atoms with E-state index in [1.54, 1.807) is 60.9 Å². The Labute approximate surface area is 167 Å². The smallest absolute Gasteiger partial charge is 0.295 e. The number of aromatic nitrogens is 1. The first-order chi connectivity index (χ1) is 14.1. The molecule has 1 saturated heterocycles. The zero-order valence-corrected chi connectivity index (χ0v) is 15.4. The maximum absolute atomic E-state index is 12.9. The minimum absolute atomic E-state index is 0.0239. The zero-order valence-electron chi connectivity index (χ0n) is 15.4. The maximum atomic E-state index is 12.9. The van der Waals surface area contributed by atoms with E-state index in [0.29, 0.717) is 11.1 Å². The van der Waals surface area contributed by atoms with Crippen LogP contribution in [0, 0.1) is 0 Å². The molecule has 3 aromatic rings. The molecule has 1 fully saturated rings. The summed E-state index contributed by atoms with van der Waals surface area (Å²) in [6.45, 7) is 0.162. The number of aliphatic hydroxyl groups is 1. The number of carbonyl (C=O) groups excluding carboxylic acids is 2. The van der Waals surface area contributed by atoms with Gasteiger partial charge < -0.3 is 15.1 Å². The van der Waals surface area contributed by atoms with Gasteiger partial charge in [-0.25, -0.2) is 0 Å². The van der Waals surface area contributed by atoms with E-state index in [1.165, 1.54) is 17.0 Å². The molecule has 6 nitrogen and oxygen atoms in total. The highest BCUT2D eigenvalue weighted by Gasteiger charge is 2.46. The Balaban J connectivity index is 1.86. The third kappa shape index (κ3) is 3.48. The Hall–Kier alpha value is -3.93. The zero-order chi connectivity index (χ0) is 20.4. The molecule has 6 heteroatoms. The normalized spacial score (nSPS) is 18.2. The van der Waals surface area contributed by atoms with Crippen molar-refractivity contribution >= 4 is 17.4 Å². The van der Waals surface area contributed by atoms with Gasteiger partial charge in [-0.1, -0.05) is 48.5 Å². The van der Waals surface area contributed by atoms with Crippen LogP contribution in [-0.4, -0.2) is 31.8 Å². The molecule has 1 atom stereocenters. The molecular weight excluding hydrogens is 368 g/mol. The van der Waals surface area contributed by atoms with E-state index in [9.17, 15) is 19.8 Å². The van der Waals surface area contributed by atoms with Crippen molar-refractivity contribution in [3.63, 3.8) is 0 Å². The second kappa shape index (κ2) is 7.59. The number of benzene rings is 2. The number of pyridine rings is 1. The predicted octanol–water partition coefficient (Wildman–Crippen LogP) is 3.41. The van der Waals surface area contributed by atoms with Crippen molar-refractivity contribution < 1.29 is 19.8 Å². The summed E-state index contributed by atoms with van der Waals surface area (Å²) in [6, 6.07) is 17.7. The lowest BCUT2D eigenvalue weighted by molar-refractivity contribution is -0.140. The lowest BCUT2D eigenvalue weighted by atomic mass is 9.95. The summed E-state index contributed by atoms with van der Waals surface area (Å²) in [5, 5.41) is 20.5. The minimum Gasteiger partial charge on any atom is -0.508 e. The molecule has 0 unspecified atom stereocenters. The number of rotatable bonds is 4. The third-order valence-corrected chi connectivity index (χ3v) is 4.87. The number of likely N-dealkylation sites (tertiary alicyclic amines) is 1. The molecule has 2 heterocycles. The van der Waals surface area contributed by atoms with E-state index in [2.05, 4.69) is 4.98 Å². The number of nitrogens with zero attached hydrogens (tertiary/aromatic N) is 2. The van der Waals surface area contributed by atoms with Gasteiger partial charge in [-0.05, 0) is 29.3 Å². The van der Waals surface area contributed by atoms with Gasteiger partial charge in [0.25, 0.3) is 11.7 Å². The Morgan fingerprint density at radius 1 is 0.966 bits per heavy atom. The van der Waals surface area contributed by atoms with Crippen LogP contribution in [-0.2, 0) is 16.1 Å². The fraction of sp³-hybridized carbons (Fsp3) is 0.0870. The molecule has 2 N–H and O–H groups in total. The average molecular weight is 386 g/mol. The summed E-state index contributed by atoms with van der Waals surface area (Å²) in [7, 11) is 0. The lowest BCUT2D eigenvalue weighted by Gasteiger charge is -2.25. The molecular formula is C23H18N2O4. The van der Waals surface area contributed by atoms with Crippen LogP contribution in [0.4, 0.5) is 0 Å².